The van der Waals surface area contributed by atoms with Crippen LogP contribution >= 0.6 is 0 Å². The lowest BCUT2D eigenvalue weighted by Crippen LogP contribution is -2.10. The number of unbranched alkanes of at least 4 members (excludes halogenated alkanes) is 3. The third kappa shape index (κ3) is 5.92. The van der Waals surface area contributed by atoms with Crippen molar-refractivity contribution in [3.63, 3.8) is 0 Å². The topological polar surface area (TPSA) is 29.5 Å². The number of ether oxygens (including phenoxy) is 1. The average molecular weight is 290 g/mol. The Bertz CT molecular complexity index is 391. The lowest BCUT2D eigenvalue weighted by Gasteiger charge is -2.14. The monoisotopic (exact) mass is 290 g/mol. The molecule has 1 aromatic carbocycles. The Labute approximate surface area is 117 Å². The van der Waals surface area contributed by atoms with Gasteiger partial charge in [0.05, 0.1) is 12.2 Å². The van der Waals surface area contributed by atoms with Gasteiger partial charge in [0.15, 0.2) is 0 Å². The zero-order valence-electron chi connectivity index (χ0n) is 11.6. The van der Waals surface area contributed by atoms with E-state index in [4.69, 9.17) is 4.74 Å². The predicted molar refractivity (Wildman–Crippen MR) is 71.4 cm³/mol. The SMILES string of the molecule is CCCCCCOCC(O)c1cccc(C(F)(F)F)c1. The first-order chi connectivity index (χ1) is 9.45. The molecule has 0 fully saturated rings. The summed E-state index contributed by atoms with van der Waals surface area (Å²) in [6, 6.07) is 4.72. The molecule has 1 unspecified atom stereocenters. The molecule has 0 aliphatic heterocycles. The maximum atomic E-state index is 12.5. The normalized spacial score (nSPS) is 13.4. The van der Waals surface area contributed by atoms with E-state index in [1.807, 2.05) is 0 Å². The van der Waals surface area contributed by atoms with Gasteiger partial charge < -0.3 is 9.84 Å². The Hall–Kier alpha value is -1.07. The highest BCUT2D eigenvalue weighted by Gasteiger charge is 2.30. The number of halogens is 3. The first kappa shape index (κ1) is 17.0. The number of aliphatic hydroxyl groups excluding tert-OH is 1. The van der Waals surface area contributed by atoms with Crippen molar-refractivity contribution < 1.29 is 23.0 Å². The molecule has 2 nitrogen and oxygen atoms in total. The fourth-order valence-electron chi connectivity index (χ4n) is 1.84. The molecular weight excluding hydrogens is 269 g/mol. The van der Waals surface area contributed by atoms with Crippen molar-refractivity contribution in [1.29, 1.82) is 0 Å². The van der Waals surface area contributed by atoms with Crippen LogP contribution in [-0.4, -0.2) is 18.3 Å². The second kappa shape index (κ2) is 8.27. The minimum atomic E-state index is -4.39. The first-order valence-electron chi connectivity index (χ1n) is 6.88. The van der Waals surface area contributed by atoms with Gasteiger partial charge in [-0.2, -0.15) is 13.2 Å². The van der Waals surface area contributed by atoms with Crippen molar-refractivity contribution in [2.24, 2.45) is 0 Å². The van der Waals surface area contributed by atoms with Gasteiger partial charge in [-0.05, 0) is 24.1 Å². The van der Waals surface area contributed by atoms with Gasteiger partial charge in [-0.1, -0.05) is 38.3 Å². The molecule has 0 amide bonds. The largest absolute Gasteiger partial charge is 0.416 e. The van der Waals surface area contributed by atoms with E-state index in [0.29, 0.717) is 6.61 Å². The van der Waals surface area contributed by atoms with Crippen LogP contribution in [0.4, 0.5) is 13.2 Å². The maximum absolute atomic E-state index is 12.5. The highest BCUT2D eigenvalue weighted by molar-refractivity contribution is 5.27. The van der Waals surface area contributed by atoms with Gasteiger partial charge in [-0.3, -0.25) is 0 Å². The molecule has 0 radical (unpaired) electrons. The lowest BCUT2D eigenvalue weighted by atomic mass is 10.1. The molecule has 0 spiro atoms. The van der Waals surface area contributed by atoms with Crippen molar-refractivity contribution in [3.8, 4) is 0 Å². The van der Waals surface area contributed by atoms with Crippen molar-refractivity contribution in [3.05, 3.63) is 35.4 Å². The van der Waals surface area contributed by atoms with Crippen molar-refractivity contribution in [2.75, 3.05) is 13.2 Å². The van der Waals surface area contributed by atoms with Gasteiger partial charge in [0.1, 0.15) is 6.10 Å². The molecule has 1 atom stereocenters. The van der Waals surface area contributed by atoms with Crippen molar-refractivity contribution in [1.82, 2.24) is 0 Å². The zero-order chi connectivity index (χ0) is 15.0. The molecule has 0 aliphatic rings. The van der Waals surface area contributed by atoms with Gasteiger partial charge in [-0.25, -0.2) is 0 Å². The third-order valence-corrected chi connectivity index (χ3v) is 3.02. The minimum absolute atomic E-state index is 0.0213. The summed E-state index contributed by atoms with van der Waals surface area (Å²) in [4.78, 5) is 0. The molecule has 5 heteroatoms. The number of hydrogen-bond donors (Lipinski definition) is 1. The molecule has 0 aromatic heterocycles. The number of hydrogen-bond acceptors (Lipinski definition) is 2. The smallest absolute Gasteiger partial charge is 0.386 e. The molecule has 0 bridgehead atoms. The van der Waals surface area contributed by atoms with Crippen molar-refractivity contribution >= 4 is 0 Å². The third-order valence-electron chi connectivity index (χ3n) is 3.02. The van der Waals surface area contributed by atoms with E-state index in [-0.39, 0.29) is 12.2 Å². The standard InChI is InChI=1S/C15H21F3O2/c1-2-3-4-5-9-20-11-14(19)12-7-6-8-13(10-12)15(16,17)18/h6-8,10,14,19H,2-5,9,11H2,1H3. The van der Waals surface area contributed by atoms with Crippen LogP contribution in [0.5, 0.6) is 0 Å². The summed E-state index contributed by atoms with van der Waals surface area (Å²) in [5, 5.41) is 9.82. The van der Waals surface area contributed by atoms with E-state index in [1.165, 1.54) is 12.1 Å². The highest BCUT2D eigenvalue weighted by Crippen LogP contribution is 2.30. The Morgan fingerprint density at radius 1 is 1.20 bits per heavy atom. The van der Waals surface area contributed by atoms with Crippen LogP contribution in [0.15, 0.2) is 24.3 Å². The van der Waals surface area contributed by atoms with E-state index in [1.54, 1.807) is 0 Å². The van der Waals surface area contributed by atoms with Crippen LogP contribution in [0.3, 0.4) is 0 Å². The fourth-order valence-corrected chi connectivity index (χ4v) is 1.84. The lowest BCUT2D eigenvalue weighted by molar-refractivity contribution is -0.137. The number of rotatable bonds is 8. The quantitative estimate of drug-likeness (QED) is 0.722. The highest BCUT2D eigenvalue weighted by atomic mass is 19.4. The minimum Gasteiger partial charge on any atom is -0.386 e. The predicted octanol–water partition coefficient (Wildman–Crippen LogP) is 4.34. The Balaban J connectivity index is 2.41. The number of benzene rings is 1. The molecule has 114 valence electrons. The Morgan fingerprint density at radius 3 is 2.60 bits per heavy atom. The van der Waals surface area contributed by atoms with Crippen LogP contribution in [0, 0.1) is 0 Å². The second-order valence-electron chi connectivity index (χ2n) is 4.77. The van der Waals surface area contributed by atoms with Crippen LogP contribution in [0.1, 0.15) is 49.8 Å². The van der Waals surface area contributed by atoms with Gasteiger partial charge in [0.25, 0.3) is 0 Å². The number of aliphatic hydroxyl groups is 1. The summed E-state index contributed by atoms with van der Waals surface area (Å²) < 4.78 is 42.9. The van der Waals surface area contributed by atoms with Crippen LogP contribution < -0.4 is 0 Å². The molecule has 20 heavy (non-hydrogen) atoms. The molecule has 0 saturated carbocycles. The molecule has 0 saturated heterocycles. The van der Waals surface area contributed by atoms with Gasteiger partial charge in [0.2, 0.25) is 0 Å². The Kier molecular flexibility index (Phi) is 7.02. The molecule has 1 aromatic rings. The summed E-state index contributed by atoms with van der Waals surface area (Å²) in [6.07, 6.45) is -1.17. The Morgan fingerprint density at radius 2 is 1.95 bits per heavy atom. The molecule has 1 rings (SSSR count). The van der Waals surface area contributed by atoms with E-state index >= 15 is 0 Å². The maximum Gasteiger partial charge on any atom is 0.416 e. The first-order valence-corrected chi connectivity index (χ1v) is 6.88. The van der Waals surface area contributed by atoms with Gasteiger partial charge in [-0.15, -0.1) is 0 Å². The van der Waals surface area contributed by atoms with Crippen LogP contribution in [0.2, 0.25) is 0 Å². The van der Waals surface area contributed by atoms with Crippen molar-refractivity contribution in [2.45, 2.75) is 44.9 Å². The van der Waals surface area contributed by atoms with Gasteiger partial charge in [0, 0.05) is 6.61 Å². The second-order valence-corrected chi connectivity index (χ2v) is 4.77. The summed E-state index contributed by atoms with van der Waals surface area (Å²) in [6.45, 7) is 2.65. The van der Waals surface area contributed by atoms with E-state index in [2.05, 4.69) is 6.92 Å². The molecule has 0 aliphatic carbocycles. The summed E-state index contributed by atoms with van der Waals surface area (Å²) >= 11 is 0. The zero-order valence-corrected chi connectivity index (χ0v) is 11.6. The van der Waals surface area contributed by atoms with E-state index in [9.17, 15) is 18.3 Å². The summed E-state index contributed by atoms with van der Waals surface area (Å²) in [5.74, 6) is 0. The molecule has 0 heterocycles. The van der Waals surface area contributed by atoms with Crippen LogP contribution in [-0.2, 0) is 10.9 Å². The fraction of sp³-hybridized carbons (Fsp3) is 0.600. The summed E-state index contributed by atoms with van der Waals surface area (Å²) in [7, 11) is 0. The van der Waals surface area contributed by atoms with Gasteiger partial charge >= 0.3 is 6.18 Å². The summed E-state index contributed by atoms with van der Waals surface area (Å²) in [5.41, 5.74) is -0.523. The molecular formula is C15H21F3O2. The number of alkyl halides is 3. The average Bonchev–Trinajstić information content (AvgIpc) is 2.41. The van der Waals surface area contributed by atoms with E-state index in [0.717, 1.165) is 37.8 Å². The molecule has 1 N–H and O–H groups in total. The van der Waals surface area contributed by atoms with Crippen LogP contribution in [0.25, 0.3) is 0 Å². The van der Waals surface area contributed by atoms with E-state index < -0.39 is 17.8 Å².